The van der Waals surface area contributed by atoms with Crippen LogP contribution in [0.4, 0.5) is 19.1 Å². The fourth-order valence-corrected chi connectivity index (χ4v) is 2.51. The molecular formula is C14H9BrF3N3. The Kier molecular flexibility index (Phi) is 3.16. The highest BCUT2D eigenvalue weighted by Gasteiger charge is 2.30. The molecule has 3 aromatic rings. The van der Waals surface area contributed by atoms with Gasteiger partial charge in [0.15, 0.2) is 0 Å². The van der Waals surface area contributed by atoms with Crippen molar-refractivity contribution in [2.24, 2.45) is 0 Å². The van der Waals surface area contributed by atoms with E-state index in [4.69, 9.17) is 5.73 Å². The number of anilines is 1. The van der Waals surface area contributed by atoms with Gasteiger partial charge in [0.25, 0.3) is 0 Å². The first kappa shape index (κ1) is 13.9. The van der Waals surface area contributed by atoms with E-state index in [0.717, 1.165) is 16.6 Å². The van der Waals surface area contributed by atoms with Crippen LogP contribution in [-0.2, 0) is 6.18 Å². The molecule has 21 heavy (non-hydrogen) atoms. The summed E-state index contributed by atoms with van der Waals surface area (Å²) >= 11 is 3.33. The fraction of sp³-hybridized carbons (Fsp3) is 0.0714. The number of nitrogens with zero attached hydrogens (tertiary/aromatic N) is 2. The van der Waals surface area contributed by atoms with Crippen molar-refractivity contribution in [1.29, 1.82) is 0 Å². The number of hydrogen-bond acceptors (Lipinski definition) is 2. The molecule has 1 heterocycles. The first-order valence-electron chi connectivity index (χ1n) is 5.97. The highest BCUT2D eigenvalue weighted by molar-refractivity contribution is 9.10. The molecular weight excluding hydrogens is 347 g/mol. The van der Waals surface area contributed by atoms with Crippen molar-refractivity contribution in [3.8, 4) is 5.69 Å². The Balaban J connectivity index is 2.25. The zero-order chi connectivity index (χ0) is 15.2. The molecule has 3 rings (SSSR count). The molecule has 0 aliphatic heterocycles. The van der Waals surface area contributed by atoms with Crippen LogP contribution in [0.3, 0.4) is 0 Å². The summed E-state index contributed by atoms with van der Waals surface area (Å²) in [5.74, 6) is 0.141. The van der Waals surface area contributed by atoms with Gasteiger partial charge >= 0.3 is 6.18 Å². The third-order valence-electron chi connectivity index (χ3n) is 3.07. The van der Waals surface area contributed by atoms with Gasteiger partial charge in [-0.1, -0.05) is 22.0 Å². The molecule has 0 bridgehead atoms. The lowest BCUT2D eigenvalue weighted by molar-refractivity contribution is -0.137. The van der Waals surface area contributed by atoms with Crippen molar-refractivity contribution in [1.82, 2.24) is 9.55 Å². The number of aromatic nitrogens is 2. The Hall–Kier alpha value is -2.02. The maximum Gasteiger partial charge on any atom is 0.416 e. The lowest BCUT2D eigenvalue weighted by Gasteiger charge is -2.11. The summed E-state index contributed by atoms with van der Waals surface area (Å²) < 4.78 is 40.8. The largest absolute Gasteiger partial charge is 0.416 e. The van der Waals surface area contributed by atoms with Crippen molar-refractivity contribution >= 4 is 32.9 Å². The number of hydrogen-bond donors (Lipinski definition) is 1. The number of alkyl halides is 3. The average Bonchev–Trinajstić information content (AvgIpc) is 2.73. The summed E-state index contributed by atoms with van der Waals surface area (Å²) in [6.45, 7) is 0. The Bertz CT molecular complexity index is 824. The number of nitrogens with two attached hydrogens (primary N) is 1. The maximum absolute atomic E-state index is 12.8. The monoisotopic (exact) mass is 355 g/mol. The minimum atomic E-state index is -4.40. The van der Waals surface area contributed by atoms with Crippen molar-refractivity contribution in [3.05, 3.63) is 52.5 Å². The molecule has 0 radical (unpaired) electrons. The van der Waals surface area contributed by atoms with Gasteiger partial charge in [0.1, 0.15) is 0 Å². The number of nitrogen functional groups attached to an aromatic ring is 1. The van der Waals surface area contributed by atoms with Gasteiger partial charge < -0.3 is 5.73 Å². The van der Waals surface area contributed by atoms with Gasteiger partial charge in [-0.15, -0.1) is 0 Å². The predicted molar refractivity (Wildman–Crippen MR) is 78.2 cm³/mol. The minimum absolute atomic E-state index is 0.141. The molecule has 3 nitrogen and oxygen atoms in total. The zero-order valence-electron chi connectivity index (χ0n) is 10.5. The number of benzene rings is 2. The standard InChI is InChI=1S/C14H9BrF3N3/c15-9-4-5-11-12(7-9)21(13(19)20-11)10-3-1-2-8(6-10)14(16,17)18/h1-7H,(H2,19,20). The van der Waals surface area contributed by atoms with E-state index in [0.29, 0.717) is 16.7 Å². The highest BCUT2D eigenvalue weighted by Crippen LogP contribution is 2.32. The smallest absolute Gasteiger partial charge is 0.369 e. The van der Waals surface area contributed by atoms with Gasteiger partial charge in [-0.3, -0.25) is 4.57 Å². The van der Waals surface area contributed by atoms with Crippen LogP contribution in [0.2, 0.25) is 0 Å². The van der Waals surface area contributed by atoms with Gasteiger partial charge in [-0.05, 0) is 36.4 Å². The van der Waals surface area contributed by atoms with Crippen LogP contribution in [0.15, 0.2) is 46.9 Å². The number of fused-ring (bicyclic) bond motifs is 1. The van der Waals surface area contributed by atoms with E-state index in [1.54, 1.807) is 24.3 Å². The normalized spacial score (nSPS) is 12.0. The van der Waals surface area contributed by atoms with Crippen LogP contribution in [0.25, 0.3) is 16.7 Å². The lowest BCUT2D eigenvalue weighted by Crippen LogP contribution is -2.07. The van der Waals surface area contributed by atoms with Crippen molar-refractivity contribution < 1.29 is 13.2 Å². The SMILES string of the molecule is Nc1nc2ccc(Br)cc2n1-c1cccc(C(F)(F)F)c1. The second kappa shape index (κ2) is 4.77. The summed E-state index contributed by atoms with van der Waals surface area (Å²) in [5.41, 5.74) is 6.70. The van der Waals surface area contributed by atoms with Gasteiger partial charge in [-0.2, -0.15) is 13.2 Å². The molecule has 0 saturated carbocycles. The average molecular weight is 356 g/mol. The van der Waals surface area contributed by atoms with Crippen molar-refractivity contribution in [3.63, 3.8) is 0 Å². The van der Waals surface area contributed by atoms with Crippen molar-refractivity contribution in [2.75, 3.05) is 5.73 Å². The van der Waals surface area contributed by atoms with Crippen LogP contribution in [0.1, 0.15) is 5.56 Å². The highest BCUT2D eigenvalue weighted by atomic mass is 79.9. The molecule has 1 aromatic heterocycles. The quantitative estimate of drug-likeness (QED) is 0.703. The molecule has 2 aromatic carbocycles. The Morgan fingerprint density at radius 2 is 1.86 bits per heavy atom. The molecule has 0 aliphatic carbocycles. The van der Waals surface area contributed by atoms with E-state index in [1.807, 2.05) is 0 Å². The van der Waals surface area contributed by atoms with E-state index < -0.39 is 11.7 Å². The van der Waals surface area contributed by atoms with Crippen LogP contribution in [0, 0.1) is 0 Å². The molecule has 108 valence electrons. The predicted octanol–water partition coefficient (Wildman–Crippen LogP) is 4.39. The van der Waals surface area contributed by atoms with E-state index in [-0.39, 0.29) is 5.95 Å². The molecule has 7 heteroatoms. The topological polar surface area (TPSA) is 43.8 Å². The first-order valence-corrected chi connectivity index (χ1v) is 6.77. The summed E-state index contributed by atoms with van der Waals surface area (Å²) in [7, 11) is 0. The van der Waals surface area contributed by atoms with E-state index >= 15 is 0 Å². The minimum Gasteiger partial charge on any atom is -0.369 e. The Labute approximate surface area is 126 Å². The molecule has 2 N–H and O–H groups in total. The van der Waals surface area contributed by atoms with Gasteiger partial charge in [0, 0.05) is 10.2 Å². The molecule has 0 atom stereocenters. The third-order valence-corrected chi connectivity index (χ3v) is 3.57. The van der Waals surface area contributed by atoms with E-state index in [9.17, 15) is 13.2 Å². The fourth-order valence-electron chi connectivity index (χ4n) is 2.16. The third kappa shape index (κ3) is 2.49. The number of rotatable bonds is 1. The second-order valence-electron chi connectivity index (χ2n) is 4.49. The molecule has 0 fully saturated rings. The maximum atomic E-state index is 12.8. The van der Waals surface area contributed by atoms with Gasteiger partial charge in [-0.25, -0.2) is 4.98 Å². The summed E-state index contributed by atoms with van der Waals surface area (Å²) in [4.78, 5) is 4.16. The molecule has 0 unspecified atom stereocenters. The number of halogens is 4. The molecule has 0 amide bonds. The summed E-state index contributed by atoms with van der Waals surface area (Å²) in [6.07, 6.45) is -4.40. The van der Waals surface area contributed by atoms with Gasteiger partial charge in [0.05, 0.1) is 16.6 Å². The van der Waals surface area contributed by atoms with Crippen LogP contribution < -0.4 is 5.73 Å². The van der Waals surface area contributed by atoms with Crippen LogP contribution in [-0.4, -0.2) is 9.55 Å². The number of imidazole rings is 1. The van der Waals surface area contributed by atoms with Crippen LogP contribution in [0.5, 0.6) is 0 Å². The van der Waals surface area contributed by atoms with E-state index in [1.165, 1.54) is 10.6 Å². The van der Waals surface area contributed by atoms with Crippen molar-refractivity contribution in [2.45, 2.75) is 6.18 Å². The molecule has 0 saturated heterocycles. The summed E-state index contributed by atoms with van der Waals surface area (Å²) in [5, 5.41) is 0. The Morgan fingerprint density at radius 1 is 1.10 bits per heavy atom. The lowest BCUT2D eigenvalue weighted by atomic mass is 10.2. The summed E-state index contributed by atoms with van der Waals surface area (Å²) in [6, 6.07) is 10.3. The van der Waals surface area contributed by atoms with Crippen LogP contribution >= 0.6 is 15.9 Å². The molecule has 0 spiro atoms. The van der Waals surface area contributed by atoms with E-state index in [2.05, 4.69) is 20.9 Å². The second-order valence-corrected chi connectivity index (χ2v) is 5.40. The Morgan fingerprint density at radius 3 is 2.57 bits per heavy atom. The molecule has 0 aliphatic rings. The first-order chi connectivity index (χ1) is 9.86. The van der Waals surface area contributed by atoms with Gasteiger partial charge in [0.2, 0.25) is 5.95 Å². The zero-order valence-corrected chi connectivity index (χ0v) is 12.1.